The summed E-state index contributed by atoms with van der Waals surface area (Å²) in [6.07, 6.45) is 0.760. The van der Waals surface area contributed by atoms with Gasteiger partial charge < -0.3 is 10.1 Å². The van der Waals surface area contributed by atoms with Gasteiger partial charge in [-0.05, 0) is 42.8 Å². The first kappa shape index (κ1) is 16.4. The Labute approximate surface area is 133 Å². The van der Waals surface area contributed by atoms with Gasteiger partial charge in [0, 0.05) is 30.8 Å². The van der Waals surface area contributed by atoms with Crippen molar-refractivity contribution in [3.05, 3.63) is 29.3 Å². The largest absolute Gasteiger partial charge is 0.385 e. The second kappa shape index (κ2) is 7.86. The Morgan fingerprint density at radius 1 is 1.41 bits per heavy atom. The predicted octanol–water partition coefficient (Wildman–Crippen LogP) is 1.71. The number of hydrogen-bond donors (Lipinski definition) is 1. The normalized spacial score (nSPS) is 12.1. The van der Waals surface area contributed by atoms with E-state index in [4.69, 9.17) is 16.3 Å². The Morgan fingerprint density at radius 2 is 2.14 bits per heavy atom. The lowest BCUT2D eigenvalue weighted by molar-refractivity contribution is -0.124. The third-order valence-electron chi connectivity index (χ3n) is 3.08. The van der Waals surface area contributed by atoms with Crippen molar-refractivity contribution < 1.29 is 9.53 Å². The lowest BCUT2D eigenvalue weighted by Gasteiger charge is -2.10. The van der Waals surface area contributed by atoms with Crippen LogP contribution in [0.5, 0.6) is 0 Å². The van der Waals surface area contributed by atoms with Crippen molar-refractivity contribution >= 4 is 17.5 Å². The zero-order chi connectivity index (χ0) is 15.9. The summed E-state index contributed by atoms with van der Waals surface area (Å²) in [4.78, 5) is 13.3. The third kappa shape index (κ3) is 4.25. The number of carbonyl (C=O) groups is 1. The van der Waals surface area contributed by atoms with Crippen LogP contribution in [0.2, 0.25) is 5.02 Å². The number of tetrazole rings is 1. The van der Waals surface area contributed by atoms with Crippen LogP contribution in [0.4, 0.5) is 0 Å². The molecule has 1 amide bonds. The highest BCUT2D eigenvalue weighted by Gasteiger charge is 2.18. The lowest BCUT2D eigenvalue weighted by Crippen LogP contribution is -2.33. The van der Waals surface area contributed by atoms with E-state index in [-0.39, 0.29) is 5.91 Å². The van der Waals surface area contributed by atoms with Gasteiger partial charge in [0.05, 0.1) is 0 Å². The van der Waals surface area contributed by atoms with Crippen molar-refractivity contribution in [1.82, 2.24) is 25.5 Å². The molecule has 0 bridgehead atoms. The van der Waals surface area contributed by atoms with Crippen LogP contribution in [0.25, 0.3) is 11.4 Å². The zero-order valence-electron chi connectivity index (χ0n) is 12.5. The minimum absolute atomic E-state index is 0.156. The maximum atomic E-state index is 12.0. The van der Waals surface area contributed by atoms with Crippen molar-refractivity contribution in [2.24, 2.45) is 0 Å². The monoisotopic (exact) mass is 323 g/mol. The number of hydrogen-bond acceptors (Lipinski definition) is 5. The molecule has 1 N–H and O–H groups in total. The van der Waals surface area contributed by atoms with Crippen LogP contribution in [0.1, 0.15) is 19.4 Å². The molecule has 0 unspecified atom stereocenters. The Balaban J connectivity index is 1.98. The molecule has 1 heterocycles. The summed E-state index contributed by atoms with van der Waals surface area (Å²) in [6.45, 7) is 2.88. The second-order valence-electron chi connectivity index (χ2n) is 4.75. The number of carbonyl (C=O) groups excluding carboxylic acids is 1. The van der Waals surface area contributed by atoms with Crippen molar-refractivity contribution in [3.63, 3.8) is 0 Å². The summed E-state index contributed by atoms with van der Waals surface area (Å²) >= 11 is 5.84. The van der Waals surface area contributed by atoms with Crippen molar-refractivity contribution in [3.8, 4) is 11.4 Å². The fourth-order valence-electron chi connectivity index (χ4n) is 1.78. The number of methoxy groups -OCH3 is 1. The number of halogens is 1. The molecule has 1 aromatic heterocycles. The fraction of sp³-hybridized carbons (Fsp3) is 0.429. The number of rotatable bonds is 7. The van der Waals surface area contributed by atoms with E-state index >= 15 is 0 Å². The van der Waals surface area contributed by atoms with E-state index in [1.165, 1.54) is 4.80 Å². The lowest BCUT2D eigenvalue weighted by atomic mass is 10.2. The van der Waals surface area contributed by atoms with Crippen LogP contribution in [-0.2, 0) is 9.53 Å². The van der Waals surface area contributed by atoms with Crippen LogP contribution in [0, 0.1) is 0 Å². The van der Waals surface area contributed by atoms with Gasteiger partial charge in [-0.25, -0.2) is 0 Å². The molecule has 2 rings (SSSR count). The van der Waals surface area contributed by atoms with E-state index in [0.29, 0.717) is 24.0 Å². The Kier molecular flexibility index (Phi) is 5.85. The molecule has 22 heavy (non-hydrogen) atoms. The molecule has 118 valence electrons. The molecule has 0 spiro atoms. The summed E-state index contributed by atoms with van der Waals surface area (Å²) in [5.74, 6) is 0.298. The number of nitrogens with zero attached hydrogens (tertiary/aromatic N) is 4. The highest BCUT2D eigenvalue weighted by Crippen LogP contribution is 2.17. The molecule has 0 fully saturated rings. The van der Waals surface area contributed by atoms with Crippen LogP contribution in [-0.4, -0.2) is 46.4 Å². The molecule has 8 heteroatoms. The molecular formula is C14H18ClN5O2. The summed E-state index contributed by atoms with van der Waals surface area (Å²) in [5.41, 5.74) is 0.795. The van der Waals surface area contributed by atoms with Gasteiger partial charge in [-0.1, -0.05) is 11.6 Å². The number of amides is 1. The second-order valence-corrected chi connectivity index (χ2v) is 5.19. The molecule has 1 atom stereocenters. The first-order valence-electron chi connectivity index (χ1n) is 6.94. The van der Waals surface area contributed by atoms with Gasteiger partial charge in [-0.3, -0.25) is 4.79 Å². The molecular weight excluding hydrogens is 306 g/mol. The first-order valence-corrected chi connectivity index (χ1v) is 7.31. The van der Waals surface area contributed by atoms with Gasteiger partial charge in [0.15, 0.2) is 0 Å². The van der Waals surface area contributed by atoms with E-state index < -0.39 is 6.04 Å². The summed E-state index contributed by atoms with van der Waals surface area (Å²) in [6, 6.07) is 6.59. The van der Waals surface area contributed by atoms with E-state index in [9.17, 15) is 4.79 Å². The van der Waals surface area contributed by atoms with Gasteiger partial charge in [0.25, 0.3) is 0 Å². The molecule has 0 saturated heterocycles. The Hall–Kier alpha value is -1.99. The highest BCUT2D eigenvalue weighted by molar-refractivity contribution is 6.30. The molecule has 7 nitrogen and oxygen atoms in total. The van der Waals surface area contributed by atoms with Crippen molar-refractivity contribution in [2.45, 2.75) is 19.4 Å². The van der Waals surface area contributed by atoms with Gasteiger partial charge in [0.1, 0.15) is 6.04 Å². The van der Waals surface area contributed by atoms with Crippen LogP contribution >= 0.6 is 11.6 Å². The van der Waals surface area contributed by atoms with Gasteiger partial charge in [0.2, 0.25) is 11.7 Å². The minimum Gasteiger partial charge on any atom is -0.385 e. The molecule has 0 aliphatic heterocycles. The fourth-order valence-corrected chi connectivity index (χ4v) is 1.91. The van der Waals surface area contributed by atoms with E-state index in [1.807, 2.05) is 0 Å². The van der Waals surface area contributed by atoms with E-state index in [0.717, 1.165) is 12.0 Å². The summed E-state index contributed by atoms with van der Waals surface area (Å²) in [5, 5.41) is 15.6. The summed E-state index contributed by atoms with van der Waals surface area (Å²) in [7, 11) is 1.63. The van der Waals surface area contributed by atoms with Gasteiger partial charge in [-0.2, -0.15) is 4.80 Å². The molecule has 0 radical (unpaired) electrons. The average Bonchev–Trinajstić information content (AvgIpc) is 3.01. The predicted molar refractivity (Wildman–Crippen MR) is 82.5 cm³/mol. The number of aromatic nitrogens is 4. The van der Waals surface area contributed by atoms with E-state index in [2.05, 4.69) is 20.7 Å². The van der Waals surface area contributed by atoms with Crippen LogP contribution in [0.3, 0.4) is 0 Å². The number of nitrogens with one attached hydrogen (secondary N) is 1. The zero-order valence-corrected chi connectivity index (χ0v) is 13.2. The molecule has 2 aromatic rings. The maximum Gasteiger partial charge on any atom is 0.246 e. The first-order chi connectivity index (χ1) is 10.6. The Bertz CT molecular complexity index is 614. The van der Waals surface area contributed by atoms with Crippen LogP contribution < -0.4 is 5.32 Å². The highest BCUT2D eigenvalue weighted by atomic mass is 35.5. The smallest absolute Gasteiger partial charge is 0.246 e. The number of benzene rings is 1. The standard InChI is InChI=1S/C14H18ClN5O2/c1-10(14(21)16-8-3-9-22-2)20-18-13(17-19-20)11-4-6-12(15)7-5-11/h4-7,10H,3,8-9H2,1-2H3,(H,16,21)/t10-/m1/s1. The quantitative estimate of drug-likeness (QED) is 0.784. The molecule has 0 aliphatic rings. The summed E-state index contributed by atoms with van der Waals surface area (Å²) < 4.78 is 4.93. The van der Waals surface area contributed by atoms with Crippen molar-refractivity contribution in [1.29, 1.82) is 0 Å². The Morgan fingerprint density at radius 3 is 2.82 bits per heavy atom. The molecule has 0 aliphatic carbocycles. The van der Waals surface area contributed by atoms with Crippen molar-refractivity contribution in [2.75, 3.05) is 20.3 Å². The van der Waals surface area contributed by atoms with Gasteiger partial charge in [-0.15, -0.1) is 10.2 Å². The minimum atomic E-state index is -0.531. The topological polar surface area (TPSA) is 81.9 Å². The van der Waals surface area contributed by atoms with Crippen LogP contribution in [0.15, 0.2) is 24.3 Å². The maximum absolute atomic E-state index is 12.0. The molecule has 0 saturated carbocycles. The number of ether oxygens (including phenoxy) is 1. The van der Waals surface area contributed by atoms with E-state index in [1.54, 1.807) is 38.3 Å². The molecule has 1 aromatic carbocycles. The van der Waals surface area contributed by atoms with Gasteiger partial charge >= 0.3 is 0 Å². The third-order valence-corrected chi connectivity index (χ3v) is 3.33. The SMILES string of the molecule is COCCCNC(=O)[C@@H](C)n1nnc(-c2ccc(Cl)cc2)n1. The average molecular weight is 324 g/mol.